The van der Waals surface area contributed by atoms with E-state index >= 15 is 0 Å². The predicted octanol–water partition coefficient (Wildman–Crippen LogP) is 1.93. The molecule has 1 aliphatic rings. The quantitative estimate of drug-likeness (QED) is 0.924. The van der Waals surface area contributed by atoms with Crippen LogP contribution in [0.4, 0.5) is 5.69 Å². The van der Waals surface area contributed by atoms with Gasteiger partial charge < -0.3 is 5.32 Å². The van der Waals surface area contributed by atoms with Crippen LogP contribution in [0, 0.1) is 0 Å². The summed E-state index contributed by atoms with van der Waals surface area (Å²) in [6.45, 7) is 0.370. The van der Waals surface area contributed by atoms with Gasteiger partial charge in [0.15, 0.2) is 0 Å². The van der Waals surface area contributed by atoms with Crippen LogP contribution in [-0.2, 0) is 14.8 Å². The fourth-order valence-corrected chi connectivity index (χ4v) is 5.25. The third-order valence-corrected chi connectivity index (χ3v) is 6.79. The van der Waals surface area contributed by atoms with Gasteiger partial charge in [0.05, 0.1) is 0 Å². The molecule has 1 atom stereocenters. The Bertz CT molecular complexity index is 745. The van der Waals surface area contributed by atoms with Gasteiger partial charge in [-0.05, 0) is 36.4 Å². The molecule has 3 heterocycles. The Kier molecular flexibility index (Phi) is 4.23. The van der Waals surface area contributed by atoms with Gasteiger partial charge in [0.1, 0.15) is 10.3 Å². The van der Waals surface area contributed by atoms with E-state index in [-0.39, 0.29) is 10.1 Å². The number of carbonyl (C=O) groups excluding carboxylic acids is 1. The van der Waals surface area contributed by atoms with Crippen molar-refractivity contribution in [3.05, 3.63) is 42.0 Å². The van der Waals surface area contributed by atoms with E-state index in [1.54, 1.807) is 42.0 Å². The molecule has 1 amide bonds. The van der Waals surface area contributed by atoms with Gasteiger partial charge in [-0.25, -0.2) is 8.42 Å². The van der Waals surface area contributed by atoms with Crippen LogP contribution in [0.25, 0.3) is 0 Å². The molecule has 0 aromatic carbocycles. The summed E-state index contributed by atoms with van der Waals surface area (Å²) in [6.07, 6.45) is 4.36. The summed E-state index contributed by atoms with van der Waals surface area (Å²) >= 11 is 1.16. The topological polar surface area (TPSA) is 79.4 Å². The number of hydrogen-bond acceptors (Lipinski definition) is 5. The zero-order chi connectivity index (χ0) is 15.6. The molecule has 6 nitrogen and oxygen atoms in total. The second kappa shape index (κ2) is 6.15. The van der Waals surface area contributed by atoms with Crippen LogP contribution in [-0.4, -0.2) is 36.2 Å². The van der Waals surface area contributed by atoms with Gasteiger partial charge >= 0.3 is 0 Å². The molecule has 0 saturated carbocycles. The van der Waals surface area contributed by atoms with Crippen molar-refractivity contribution < 1.29 is 13.2 Å². The summed E-state index contributed by atoms with van der Waals surface area (Å²) in [7, 11) is -3.60. The predicted molar refractivity (Wildman–Crippen MR) is 84.1 cm³/mol. The second-order valence-corrected chi connectivity index (χ2v) is 8.00. The summed E-state index contributed by atoms with van der Waals surface area (Å²) in [5, 5.41) is 4.47. The van der Waals surface area contributed by atoms with Gasteiger partial charge in [0.25, 0.3) is 10.0 Å². The smallest absolute Gasteiger partial charge is 0.253 e. The van der Waals surface area contributed by atoms with Crippen LogP contribution in [0.1, 0.15) is 12.8 Å². The minimum Gasteiger partial charge on any atom is -0.325 e. The lowest BCUT2D eigenvalue weighted by atomic mass is 10.2. The normalized spacial score (nSPS) is 19.2. The molecular weight excluding hydrogens is 322 g/mol. The van der Waals surface area contributed by atoms with Crippen LogP contribution < -0.4 is 5.32 Å². The standard InChI is InChI=1S/C14H15N3O3S2/c18-14(16-11-5-7-15-8-6-11)12-3-1-9-17(12)22(19,20)13-4-2-10-21-13/h2,4-8,10,12H,1,3,9H2,(H,15,16,18). The maximum Gasteiger partial charge on any atom is 0.253 e. The first kappa shape index (κ1) is 15.1. The molecule has 0 spiro atoms. The molecule has 8 heteroatoms. The number of nitrogens with one attached hydrogen (secondary N) is 1. The van der Waals surface area contributed by atoms with E-state index in [0.717, 1.165) is 11.3 Å². The molecule has 1 unspecified atom stereocenters. The number of hydrogen-bond donors (Lipinski definition) is 1. The van der Waals surface area contributed by atoms with Crippen molar-refractivity contribution in [2.24, 2.45) is 0 Å². The first-order valence-electron chi connectivity index (χ1n) is 6.85. The third kappa shape index (κ3) is 2.90. The number of aromatic nitrogens is 1. The van der Waals surface area contributed by atoms with Gasteiger partial charge in [-0.3, -0.25) is 9.78 Å². The van der Waals surface area contributed by atoms with E-state index in [1.165, 1.54) is 4.31 Å². The maximum atomic E-state index is 12.6. The molecule has 0 radical (unpaired) electrons. The van der Waals surface area contributed by atoms with E-state index in [4.69, 9.17) is 0 Å². The number of amides is 1. The molecule has 1 saturated heterocycles. The molecule has 0 bridgehead atoms. The van der Waals surface area contributed by atoms with Crippen molar-refractivity contribution in [3.63, 3.8) is 0 Å². The number of pyridine rings is 1. The maximum absolute atomic E-state index is 12.6. The Hall–Kier alpha value is -1.77. The number of anilines is 1. The number of thiophene rings is 1. The largest absolute Gasteiger partial charge is 0.325 e. The van der Waals surface area contributed by atoms with Crippen LogP contribution in [0.5, 0.6) is 0 Å². The highest BCUT2D eigenvalue weighted by Gasteiger charge is 2.39. The first-order chi connectivity index (χ1) is 10.6. The van der Waals surface area contributed by atoms with Crippen molar-refractivity contribution in [2.75, 3.05) is 11.9 Å². The van der Waals surface area contributed by atoms with E-state index in [1.807, 2.05) is 0 Å². The van der Waals surface area contributed by atoms with Crippen molar-refractivity contribution >= 4 is 33.0 Å². The molecule has 1 aliphatic heterocycles. The average Bonchev–Trinajstić information content (AvgIpc) is 3.20. The Balaban J connectivity index is 1.80. The van der Waals surface area contributed by atoms with Gasteiger partial charge in [0, 0.05) is 24.6 Å². The Morgan fingerprint density at radius 1 is 1.32 bits per heavy atom. The van der Waals surface area contributed by atoms with Crippen LogP contribution in [0.2, 0.25) is 0 Å². The number of carbonyl (C=O) groups is 1. The molecule has 2 aromatic heterocycles. The SMILES string of the molecule is O=C(Nc1ccncc1)C1CCCN1S(=O)(=O)c1cccs1. The molecule has 116 valence electrons. The molecule has 0 aliphatic carbocycles. The minimum atomic E-state index is -3.60. The first-order valence-corrected chi connectivity index (χ1v) is 9.17. The van der Waals surface area contributed by atoms with E-state index < -0.39 is 16.1 Å². The van der Waals surface area contributed by atoms with E-state index in [9.17, 15) is 13.2 Å². The van der Waals surface area contributed by atoms with Crippen LogP contribution >= 0.6 is 11.3 Å². The number of sulfonamides is 1. The highest BCUT2D eigenvalue weighted by Crippen LogP contribution is 2.29. The van der Waals surface area contributed by atoms with Crippen LogP contribution in [0.15, 0.2) is 46.2 Å². The van der Waals surface area contributed by atoms with E-state index in [0.29, 0.717) is 25.1 Å². The Morgan fingerprint density at radius 3 is 2.77 bits per heavy atom. The molecule has 1 N–H and O–H groups in total. The summed E-state index contributed by atoms with van der Waals surface area (Å²) < 4.78 is 26.8. The minimum absolute atomic E-state index is 0.274. The molecule has 1 fully saturated rings. The van der Waals surface area contributed by atoms with Gasteiger partial charge in [-0.15, -0.1) is 11.3 Å². The lowest BCUT2D eigenvalue weighted by Gasteiger charge is -2.22. The highest BCUT2D eigenvalue weighted by atomic mass is 32.2. The highest BCUT2D eigenvalue weighted by molar-refractivity contribution is 7.91. The summed E-state index contributed by atoms with van der Waals surface area (Å²) in [5.41, 5.74) is 0.611. The monoisotopic (exact) mass is 337 g/mol. The molecule has 2 aromatic rings. The molecule has 3 rings (SSSR count). The fourth-order valence-electron chi connectivity index (χ4n) is 2.48. The Morgan fingerprint density at radius 2 is 2.09 bits per heavy atom. The lowest BCUT2D eigenvalue weighted by molar-refractivity contribution is -0.119. The van der Waals surface area contributed by atoms with Crippen molar-refractivity contribution in [1.29, 1.82) is 0 Å². The lowest BCUT2D eigenvalue weighted by Crippen LogP contribution is -2.42. The zero-order valence-corrected chi connectivity index (χ0v) is 13.3. The summed E-state index contributed by atoms with van der Waals surface area (Å²) in [5.74, 6) is -0.302. The number of nitrogens with zero attached hydrogens (tertiary/aromatic N) is 2. The van der Waals surface area contributed by atoms with E-state index in [2.05, 4.69) is 10.3 Å². The van der Waals surface area contributed by atoms with Gasteiger partial charge in [-0.1, -0.05) is 6.07 Å². The molecular formula is C14H15N3O3S2. The average molecular weight is 337 g/mol. The third-order valence-electron chi connectivity index (χ3n) is 3.51. The van der Waals surface area contributed by atoms with Crippen molar-refractivity contribution in [2.45, 2.75) is 23.1 Å². The second-order valence-electron chi connectivity index (χ2n) is 4.93. The van der Waals surface area contributed by atoms with Crippen molar-refractivity contribution in [3.8, 4) is 0 Å². The number of rotatable bonds is 4. The van der Waals surface area contributed by atoms with Gasteiger partial charge in [-0.2, -0.15) is 4.31 Å². The van der Waals surface area contributed by atoms with Gasteiger partial charge in [0.2, 0.25) is 5.91 Å². The fraction of sp³-hybridized carbons (Fsp3) is 0.286. The Labute approximate surface area is 132 Å². The molecule has 22 heavy (non-hydrogen) atoms. The summed E-state index contributed by atoms with van der Waals surface area (Å²) in [4.78, 5) is 16.3. The van der Waals surface area contributed by atoms with Crippen molar-refractivity contribution in [1.82, 2.24) is 9.29 Å². The zero-order valence-electron chi connectivity index (χ0n) is 11.7. The van der Waals surface area contributed by atoms with Crippen LogP contribution in [0.3, 0.4) is 0 Å². The summed E-state index contributed by atoms with van der Waals surface area (Å²) in [6, 6.07) is 5.94.